The topological polar surface area (TPSA) is 38.7 Å². The van der Waals surface area contributed by atoms with Crippen LogP contribution in [-0.4, -0.2) is 15.0 Å². The molecule has 3 nitrogen and oxygen atoms in total. The van der Waals surface area contributed by atoms with Crippen LogP contribution in [0.2, 0.25) is 0 Å². The molecule has 0 spiro atoms. The Morgan fingerprint density at radius 3 is 1.54 bits per heavy atom. The predicted octanol–water partition coefficient (Wildman–Crippen LogP) is 11.2. The van der Waals surface area contributed by atoms with E-state index in [9.17, 15) is 0 Å². The number of nitrogens with zero attached hydrogens (tertiary/aromatic N) is 3. The molecule has 0 saturated heterocycles. The molecule has 2 aliphatic carbocycles. The van der Waals surface area contributed by atoms with Gasteiger partial charge in [0.2, 0.25) is 0 Å². The van der Waals surface area contributed by atoms with Gasteiger partial charge in [-0.25, -0.2) is 15.0 Å². The van der Waals surface area contributed by atoms with E-state index in [1.165, 1.54) is 50.1 Å². The van der Waals surface area contributed by atoms with Gasteiger partial charge in [-0.05, 0) is 61.7 Å². The van der Waals surface area contributed by atoms with E-state index in [4.69, 9.17) is 15.0 Å². The smallest absolute Gasteiger partial charge is 0.164 e. The van der Waals surface area contributed by atoms with Crippen LogP contribution >= 0.6 is 0 Å². The van der Waals surface area contributed by atoms with Crippen molar-refractivity contribution in [3.05, 3.63) is 162 Å². The molecule has 2 aliphatic rings. The van der Waals surface area contributed by atoms with Crippen LogP contribution in [0.1, 0.15) is 49.9 Å². The molecule has 0 aliphatic heterocycles. The number of aromatic nitrogens is 3. The average molecular weight is 618 g/mol. The second-order valence-electron chi connectivity index (χ2n) is 14.1. The zero-order valence-electron chi connectivity index (χ0n) is 27.6. The van der Waals surface area contributed by atoms with E-state index >= 15 is 0 Å². The van der Waals surface area contributed by atoms with Crippen molar-refractivity contribution in [1.82, 2.24) is 15.0 Å². The number of hydrogen-bond acceptors (Lipinski definition) is 3. The predicted molar refractivity (Wildman–Crippen MR) is 197 cm³/mol. The van der Waals surface area contributed by atoms with E-state index in [1.807, 2.05) is 6.07 Å². The van der Waals surface area contributed by atoms with E-state index in [2.05, 4.69) is 161 Å². The van der Waals surface area contributed by atoms with E-state index in [0.717, 1.165) is 22.3 Å². The van der Waals surface area contributed by atoms with Gasteiger partial charge < -0.3 is 0 Å². The first-order valence-corrected chi connectivity index (χ1v) is 16.7. The van der Waals surface area contributed by atoms with Crippen molar-refractivity contribution < 1.29 is 0 Å². The minimum Gasteiger partial charge on any atom is -0.208 e. The Bertz CT molecular complexity index is 2380. The Labute approximate surface area is 282 Å². The second kappa shape index (κ2) is 10.4. The van der Waals surface area contributed by atoms with Crippen molar-refractivity contribution in [1.29, 1.82) is 0 Å². The van der Waals surface area contributed by atoms with E-state index in [0.29, 0.717) is 17.5 Å². The van der Waals surface area contributed by atoms with Crippen molar-refractivity contribution in [3.8, 4) is 67.5 Å². The maximum atomic E-state index is 5.27. The van der Waals surface area contributed by atoms with Crippen LogP contribution < -0.4 is 0 Å². The maximum absolute atomic E-state index is 5.27. The first-order chi connectivity index (χ1) is 23.3. The summed E-state index contributed by atoms with van der Waals surface area (Å²) in [4.78, 5) is 15.7. The lowest BCUT2D eigenvalue weighted by Crippen LogP contribution is -2.17. The van der Waals surface area contributed by atoms with Crippen LogP contribution in [-0.2, 0) is 10.8 Å². The quantitative estimate of drug-likeness (QED) is 0.197. The van der Waals surface area contributed by atoms with Gasteiger partial charge in [-0.1, -0.05) is 161 Å². The standard InChI is InChI=1S/C45H35N3/c1-44(2)37-19-10-8-15-32(37)34-26-25-31(27-39(34)44)42-46-41(30-23-21-29(22-24-30)28-13-6-5-7-14-28)47-43(48-42)36-18-12-17-35-33-16-9-11-20-38(33)45(3,4)40(35)36/h5-27H,1-4H3. The molecule has 9 rings (SSSR count). The number of benzene rings is 6. The van der Waals surface area contributed by atoms with Crippen LogP contribution in [0.5, 0.6) is 0 Å². The Balaban J connectivity index is 1.24. The lowest BCUT2D eigenvalue weighted by Gasteiger charge is -2.24. The fourth-order valence-corrected chi connectivity index (χ4v) is 8.07. The lowest BCUT2D eigenvalue weighted by atomic mass is 9.80. The summed E-state index contributed by atoms with van der Waals surface area (Å²) in [5.41, 5.74) is 15.4. The number of rotatable bonds is 4. The summed E-state index contributed by atoms with van der Waals surface area (Å²) in [5.74, 6) is 2.05. The molecule has 0 saturated carbocycles. The highest BCUT2D eigenvalue weighted by Crippen LogP contribution is 2.52. The molecular weight excluding hydrogens is 583 g/mol. The Hall–Kier alpha value is -5.67. The van der Waals surface area contributed by atoms with Crippen molar-refractivity contribution in [2.75, 3.05) is 0 Å². The Morgan fingerprint density at radius 2 is 0.812 bits per heavy atom. The highest BCUT2D eigenvalue weighted by molar-refractivity contribution is 5.88. The van der Waals surface area contributed by atoms with Crippen molar-refractivity contribution >= 4 is 0 Å². The summed E-state index contributed by atoms with van der Waals surface area (Å²) < 4.78 is 0. The summed E-state index contributed by atoms with van der Waals surface area (Å²) in [6.45, 7) is 9.25. The fraction of sp³-hybridized carbons (Fsp3) is 0.133. The summed E-state index contributed by atoms with van der Waals surface area (Å²) in [5, 5.41) is 0. The summed E-state index contributed by atoms with van der Waals surface area (Å²) >= 11 is 0. The van der Waals surface area contributed by atoms with Crippen molar-refractivity contribution in [2.45, 2.75) is 38.5 Å². The molecule has 1 heterocycles. The summed E-state index contributed by atoms with van der Waals surface area (Å²) in [6.07, 6.45) is 0. The van der Waals surface area contributed by atoms with Crippen LogP contribution in [0, 0.1) is 0 Å². The van der Waals surface area contributed by atoms with E-state index in [1.54, 1.807) is 0 Å². The van der Waals surface area contributed by atoms with E-state index < -0.39 is 0 Å². The third kappa shape index (κ3) is 4.24. The number of hydrogen-bond donors (Lipinski definition) is 0. The molecule has 0 atom stereocenters. The van der Waals surface area contributed by atoms with Crippen molar-refractivity contribution in [3.63, 3.8) is 0 Å². The van der Waals surface area contributed by atoms with Gasteiger partial charge in [-0.3, -0.25) is 0 Å². The first-order valence-electron chi connectivity index (χ1n) is 16.7. The molecule has 0 amide bonds. The fourth-order valence-electron chi connectivity index (χ4n) is 8.07. The molecule has 3 heteroatoms. The van der Waals surface area contributed by atoms with Gasteiger partial charge in [-0.15, -0.1) is 0 Å². The number of fused-ring (bicyclic) bond motifs is 6. The largest absolute Gasteiger partial charge is 0.208 e. The molecule has 1 aromatic heterocycles. The maximum Gasteiger partial charge on any atom is 0.164 e. The SMILES string of the molecule is CC1(C)c2ccccc2-c2ccc(-c3nc(-c4ccc(-c5ccccc5)cc4)nc(-c4cccc5c4C(C)(C)c4ccccc4-5)n3)cc21. The molecule has 0 radical (unpaired) electrons. The van der Waals surface area contributed by atoms with Crippen LogP contribution in [0.25, 0.3) is 67.5 Å². The van der Waals surface area contributed by atoms with Gasteiger partial charge in [0.1, 0.15) is 0 Å². The normalized spacial score (nSPS) is 14.6. The Morgan fingerprint density at radius 1 is 0.333 bits per heavy atom. The molecule has 230 valence electrons. The van der Waals surface area contributed by atoms with Crippen LogP contribution in [0.3, 0.4) is 0 Å². The van der Waals surface area contributed by atoms with Gasteiger partial charge in [0.05, 0.1) is 0 Å². The first kappa shape index (κ1) is 28.5. The average Bonchev–Trinajstić information content (AvgIpc) is 3.51. The van der Waals surface area contributed by atoms with Crippen LogP contribution in [0.4, 0.5) is 0 Å². The van der Waals surface area contributed by atoms with Gasteiger partial charge in [-0.2, -0.15) is 0 Å². The van der Waals surface area contributed by atoms with Crippen LogP contribution in [0.15, 0.2) is 140 Å². The molecule has 6 aromatic carbocycles. The zero-order chi connectivity index (χ0) is 32.6. The summed E-state index contributed by atoms with van der Waals surface area (Å²) in [6, 6.07) is 49.8. The Kier molecular flexibility index (Phi) is 6.20. The molecule has 0 N–H and O–H groups in total. The third-order valence-electron chi connectivity index (χ3n) is 10.5. The van der Waals surface area contributed by atoms with Crippen molar-refractivity contribution in [2.24, 2.45) is 0 Å². The van der Waals surface area contributed by atoms with Gasteiger partial charge >= 0.3 is 0 Å². The van der Waals surface area contributed by atoms with Gasteiger partial charge in [0.15, 0.2) is 17.5 Å². The lowest BCUT2D eigenvalue weighted by molar-refractivity contribution is 0.660. The third-order valence-corrected chi connectivity index (χ3v) is 10.5. The molecular formula is C45H35N3. The molecule has 48 heavy (non-hydrogen) atoms. The zero-order valence-corrected chi connectivity index (χ0v) is 27.6. The molecule has 0 fully saturated rings. The van der Waals surface area contributed by atoms with Gasteiger partial charge in [0.25, 0.3) is 0 Å². The van der Waals surface area contributed by atoms with Gasteiger partial charge in [0, 0.05) is 27.5 Å². The monoisotopic (exact) mass is 617 g/mol. The minimum atomic E-state index is -0.198. The molecule has 0 bridgehead atoms. The summed E-state index contributed by atoms with van der Waals surface area (Å²) in [7, 11) is 0. The second-order valence-corrected chi connectivity index (χ2v) is 14.1. The highest BCUT2D eigenvalue weighted by Gasteiger charge is 2.38. The minimum absolute atomic E-state index is 0.121. The highest BCUT2D eigenvalue weighted by atomic mass is 15.0. The molecule has 7 aromatic rings. The van der Waals surface area contributed by atoms with E-state index in [-0.39, 0.29) is 10.8 Å². The molecule has 0 unspecified atom stereocenters.